The predicted molar refractivity (Wildman–Crippen MR) is 132 cm³/mol. The van der Waals surface area contributed by atoms with Gasteiger partial charge in [0.05, 0.1) is 7.11 Å². The van der Waals surface area contributed by atoms with Crippen molar-refractivity contribution in [1.82, 2.24) is 15.2 Å². The molecular weight excluding hydrogens is 500 g/mol. The number of hydrogen-bond acceptors (Lipinski definition) is 5. The van der Waals surface area contributed by atoms with Crippen LogP contribution in [0.3, 0.4) is 0 Å². The minimum atomic E-state index is -3.25. The van der Waals surface area contributed by atoms with Crippen molar-refractivity contribution >= 4 is 34.5 Å². The first-order chi connectivity index (χ1) is 18.0. The van der Waals surface area contributed by atoms with Crippen LogP contribution in [-0.2, 0) is 14.4 Å². The fourth-order valence-electron chi connectivity index (χ4n) is 6.92. The highest BCUT2D eigenvalue weighted by atomic mass is 19.3. The van der Waals surface area contributed by atoms with E-state index in [1.165, 1.54) is 12.0 Å². The van der Waals surface area contributed by atoms with Gasteiger partial charge in [-0.25, -0.2) is 8.78 Å². The second-order valence-corrected chi connectivity index (χ2v) is 10.8. The van der Waals surface area contributed by atoms with Crippen LogP contribution in [0.15, 0.2) is 24.3 Å². The number of aromatic amines is 1. The first kappa shape index (κ1) is 25.9. The smallest absolute Gasteiger partial charge is 0.271 e. The van der Waals surface area contributed by atoms with Crippen molar-refractivity contribution in [3.8, 4) is 5.75 Å². The number of methoxy groups -OCH3 is 1. The molecule has 3 fully saturated rings. The van der Waals surface area contributed by atoms with Crippen LogP contribution in [0.1, 0.15) is 42.6 Å². The van der Waals surface area contributed by atoms with Gasteiger partial charge in [0.1, 0.15) is 17.5 Å². The van der Waals surface area contributed by atoms with Gasteiger partial charge >= 0.3 is 0 Å². The number of H-pyrrole nitrogens is 1. The molecule has 4 amide bonds. The normalized spacial score (nSPS) is 29.1. The van der Waals surface area contributed by atoms with Crippen molar-refractivity contribution in [2.24, 2.45) is 34.6 Å². The first-order valence-corrected chi connectivity index (χ1v) is 12.7. The Bertz CT molecular complexity index is 1310. The fraction of sp³-hybridized carbons (Fsp3) is 0.538. The van der Waals surface area contributed by atoms with Gasteiger partial charge in [-0.3, -0.25) is 19.2 Å². The van der Waals surface area contributed by atoms with E-state index >= 15 is 8.78 Å². The number of amides is 4. The van der Waals surface area contributed by atoms with E-state index in [9.17, 15) is 19.2 Å². The van der Waals surface area contributed by atoms with Crippen molar-refractivity contribution in [2.75, 3.05) is 20.2 Å². The van der Waals surface area contributed by atoms with Crippen molar-refractivity contribution in [2.45, 2.75) is 44.1 Å². The summed E-state index contributed by atoms with van der Waals surface area (Å²) in [6.45, 7) is 0.309. The number of primary amides is 2. The lowest BCUT2D eigenvalue weighted by atomic mass is 9.51. The number of halogens is 2. The number of carbonyl (C=O) groups is 4. The van der Waals surface area contributed by atoms with E-state index in [0.717, 1.165) is 0 Å². The molecule has 0 radical (unpaired) electrons. The molecule has 10 nitrogen and oxygen atoms in total. The molecule has 1 aliphatic carbocycles. The minimum Gasteiger partial charge on any atom is -0.496 e. The lowest BCUT2D eigenvalue weighted by Gasteiger charge is -2.55. The Morgan fingerprint density at radius 2 is 2.03 bits per heavy atom. The molecule has 12 heteroatoms. The Morgan fingerprint density at radius 3 is 2.66 bits per heavy atom. The molecule has 1 spiro atoms. The van der Waals surface area contributed by atoms with Gasteiger partial charge in [-0.2, -0.15) is 0 Å². The molecule has 3 aliphatic rings. The largest absolute Gasteiger partial charge is 0.496 e. The van der Waals surface area contributed by atoms with Crippen LogP contribution >= 0.6 is 0 Å². The number of nitrogens with two attached hydrogens (primary N) is 2. The number of nitrogens with one attached hydrogen (secondary N) is 2. The lowest BCUT2D eigenvalue weighted by molar-refractivity contribution is -0.240. The van der Waals surface area contributed by atoms with Crippen LogP contribution in [0, 0.1) is 23.2 Å². The van der Waals surface area contributed by atoms with Crippen LogP contribution in [0.5, 0.6) is 5.75 Å². The van der Waals surface area contributed by atoms with Crippen LogP contribution in [0.4, 0.5) is 8.78 Å². The minimum absolute atomic E-state index is 0.111. The van der Waals surface area contributed by atoms with Crippen LogP contribution < -0.4 is 21.5 Å². The van der Waals surface area contributed by atoms with Gasteiger partial charge in [-0.1, -0.05) is 6.07 Å². The molecule has 1 aromatic heterocycles. The van der Waals surface area contributed by atoms with Crippen molar-refractivity contribution in [3.63, 3.8) is 0 Å². The van der Waals surface area contributed by atoms with Crippen LogP contribution in [0.25, 0.3) is 10.9 Å². The van der Waals surface area contributed by atoms with Crippen LogP contribution in [0.2, 0.25) is 0 Å². The number of likely N-dealkylation sites (tertiary alicyclic amines) is 1. The molecule has 1 aromatic carbocycles. The summed E-state index contributed by atoms with van der Waals surface area (Å²) in [6, 6.07) is 5.69. The Labute approximate surface area is 217 Å². The van der Waals surface area contributed by atoms with E-state index in [2.05, 4.69) is 10.3 Å². The molecule has 3 heterocycles. The summed E-state index contributed by atoms with van der Waals surface area (Å²) in [4.78, 5) is 55.1. The number of alkyl halides is 2. The average molecular weight is 532 g/mol. The van der Waals surface area contributed by atoms with Crippen molar-refractivity contribution < 1.29 is 32.7 Å². The second kappa shape index (κ2) is 9.25. The summed E-state index contributed by atoms with van der Waals surface area (Å²) < 4.78 is 35.8. The summed E-state index contributed by atoms with van der Waals surface area (Å²) in [5, 5.41) is 3.36. The maximum absolute atomic E-state index is 15.2. The van der Waals surface area contributed by atoms with Crippen molar-refractivity contribution in [3.05, 3.63) is 30.0 Å². The third-order valence-electron chi connectivity index (χ3n) is 8.53. The Hall–Kier alpha value is -3.70. The number of aromatic nitrogens is 1. The zero-order chi connectivity index (χ0) is 27.4. The summed E-state index contributed by atoms with van der Waals surface area (Å²) in [5.41, 5.74) is 10.8. The lowest BCUT2D eigenvalue weighted by Crippen LogP contribution is -2.63. The standard InChI is InChI=1S/C26H31F2N5O5/c1-38-19-6-2-5-16-14(19)9-17(32-16)24(37)33-12-25(10-18(33)22(30)35)11-26(27,28)20(25)15(21(29)34)8-13-4-3-7-31-23(13)36/h2,5-6,9,13,15,18,20,32H,3-4,7-8,10-12H2,1H3,(H2,29,34)(H2,30,35)(H,31,36)/t13-,15-,18?,20?,25?/m0/s1. The molecule has 0 bridgehead atoms. The monoisotopic (exact) mass is 531 g/mol. The maximum Gasteiger partial charge on any atom is 0.271 e. The molecule has 2 aromatic rings. The zero-order valence-corrected chi connectivity index (χ0v) is 21.0. The average Bonchev–Trinajstić information content (AvgIpc) is 3.47. The number of hydrogen-bond donors (Lipinski definition) is 4. The number of fused-ring (bicyclic) bond motifs is 1. The highest BCUT2D eigenvalue weighted by Gasteiger charge is 2.72. The zero-order valence-electron chi connectivity index (χ0n) is 21.0. The van der Waals surface area contributed by atoms with E-state index < -0.39 is 59.3 Å². The highest BCUT2D eigenvalue weighted by Crippen LogP contribution is 2.65. The number of nitrogens with zero attached hydrogens (tertiary/aromatic N) is 1. The number of ether oxygens (including phenoxy) is 1. The number of rotatable bonds is 7. The topological polar surface area (TPSA) is 161 Å². The van der Waals surface area contributed by atoms with E-state index in [1.807, 2.05) is 0 Å². The molecule has 38 heavy (non-hydrogen) atoms. The number of carbonyl (C=O) groups excluding carboxylic acids is 4. The van der Waals surface area contributed by atoms with Gasteiger partial charge < -0.3 is 31.4 Å². The number of benzene rings is 1. The summed E-state index contributed by atoms with van der Waals surface area (Å²) >= 11 is 0. The third-order valence-corrected chi connectivity index (χ3v) is 8.53. The van der Waals surface area contributed by atoms with Gasteiger partial charge in [0.15, 0.2) is 0 Å². The Kier molecular flexibility index (Phi) is 6.31. The molecule has 1 saturated carbocycles. The van der Waals surface area contributed by atoms with Gasteiger partial charge in [0.25, 0.3) is 11.8 Å². The van der Waals surface area contributed by atoms with E-state index in [-0.39, 0.29) is 31.0 Å². The molecular formula is C26H31F2N5O5. The highest BCUT2D eigenvalue weighted by molar-refractivity contribution is 6.01. The molecule has 2 saturated heterocycles. The summed E-state index contributed by atoms with van der Waals surface area (Å²) in [7, 11) is 1.50. The fourth-order valence-corrected chi connectivity index (χ4v) is 6.92. The van der Waals surface area contributed by atoms with Gasteiger partial charge in [0.2, 0.25) is 17.7 Å². The molecule has 3 unspecified atom stereocenters. The van der Waals surface area contributed by atoms with Gasteiger partial charge in [-0.05, 0) is 43.9 Å². The Balaban J connectivity index is 1.46. The van der Waals surface area contributed by atoms with Gasteiger partial charge in [0, 0.05) is 53.6 Å². The van der Waals surface area contributed by atoms with Crippen LogP contribution in [-0.4, -0.2) is 65.7 Å². The number of piperidine rings is 1. The Morgan fingerprint density at radius 1 is 1.26 bits per heavy atom. The van der Waals surface area contributed by atoms with Gasteiger partial charge in [-0.15, -0.1) is 0 Å². The van der Waals surface area contributed by atoms with E-state index in [1.54, 1.807) is 24.3 Å². The molecule has 5 rings (SSSR count). The quantitative estimate of drug-likeness (QED) is 0.426. The summed E-state index contributed by atoms with van der Waals surface area (Å²) in [6.07, 6.45) is 0.312. The molecule has 204 valence electrons. The maximum atomic E-state index is 15.2. The van der Waals surface area contributed by atoms with E-state index in [4.69, 9.17) is 16.2 Å². The second-order valence-electron chi connectivity index (χ2n) is 10.8. The first-order valence-electron chi connectivity index (χ1n) is 12.7. The van der Waals surface area contributed by atoms with E-state index in [0.29, 0.717) is 36.0 Å². The van der Waals surface area contributed by atoms with Crippen molar-refractivity contribution in [1.29, 1.82) is 0 Å². The molecule has 5 atom stereocenters. The molecule has 6 N–H and O–H groups in total. The third kappa shape index (κ3) is 4.15. The summed E-state index contributed by atoms with van der Waals surface area (Å²) in [5.74, 6) is -8.74. The SMILES string of the molecule is COc1cccc2[nH]c(C(=O)N3CC4(CC3C(N)=O)CC(F)(F)C4[C@H](C[C@@H]3CCCNC3=O)C(N)=O)cc12. The molecule has 2 aliphatic heterocycles. The predicted octanol–water partition coefficient (Wildman–Crippen LogP) is 1.54.